The van der Waals surface area contributed by atoms with Gasteiger partial charge in [0.05, 0.1) is 6.54 Å². The van der Waals surface area contributed by atoms with Gasteiger partial charge in [0.1, 0.15) is 16.4 Å². The van der Waals surface area contributed by atoms with Crippen LogP contribution in [0.5, 0.6) is 0 Å². The van der Waals surface area contributed by atoms with Crippen LogP contribution in [0, 0.1) is 6.92 Å². The van der Waals surface area contributed by atoms with Crippen molar-refractivity contribution in [2.24, 2.45) is 0 Å². The maximum atomic E-state index is 12.3. The number of aryl methyl sites for hydroxylation is 1. The Bertz CT molecular complexity index is 708. The van der Waals surface area contributed by atoms with E-state index in [4.69, 9.17) is 16.0 Å². The Morgan fingerprint density at radius 2 is 1.86 bits per heavy atom. The zero-order chi connectivity index (χ0) is 15.5. The minimum absolute atomic E-state index is 0.168. The number of rotatable bonds is 6. The van der Waals surface area contributed by atoms with Crippen LogP contribution in [-0.2, 0) is 23.1 Å². The Labute approximate surface area is 129 Å². The highest BCUT2D eigenvalue weighted by atomic mass is 35.5. The second-order valence-corrected chi connectivity index (χ2v) is 6.79. The van der Waals surface area contributed by atoms with E-state index in [2.05, 4.69) is 10.0 Å². The van der Waals surface area contributed by atoms with Gasteiger partial charge in [-0.3, -0.25) is 0 Å². The first-order valence-corrected chi connectivity index (χ1v) is 8.26. The molecule has 0 saturated heterocycles. The topological polar surface area (TPSA) is 71.3 Å². The quantitative estimate of drug-likeness (QED) is 0.854. The lowest BCUT2D eigenvalue weighted by Crippen LogP contribution is -2.23. The Balaban J connectivity index is 2.12. The molecule has 0 fully saturated rings. The van der Waals surface area contributed by atoms with Crippen molar-refractivity contribution < 1.29 is 12.8 Å². The number of nitrogens with one attached hydrogen (secondary N) is 2. The third-order valence-electron chi connectivity index (χ3n) is 2.94. The molecule has 1 heterocycles. The fraction of sp³-hybridized carbons (Fsp3) is 0.286. The number of benzene rings is 1. The summed E-state index contributed by atoms with van der Waals surface area (Å²) < 4.78 is 32.6. The van der Waals surface area contributed by atoms with E-state index in [1.165, 1.54) is 6.07 Å². The van der Waals surface area contributed by atoms with Crippen LogP contribution < -0.4 is 10.0 Å². The van der Waals surface area contributed by atoms with Gasteiger partial charge in [0.25, 0.3) is 0 Å². The summed E-state index contributed by atoms with van der Waals surface area (Å²) >= 11 is 5.79. The number of furan rings is 1. The molecular weight excluding hydrogens is 312 g/mol. The van der Waals surface area contributed by atoms with Crippen molar-refractivity contribution in [3.8, 4) is 0 Å². The molecular formula is C14H17ClN2O3S. The molecule has 2 aromatic rings. The van der Waals surface area contributed by atoms with Crippen LogP contribution >= 0.6 is 11.6 Å². The van der Waals surface area contributed by atoms with Gasteiger partial charge in [0, 0.05) is 17.6 Å². The molecule has 1 aromatic heterocycles. The van der Waals surface area contributed by atoms with Crippen molar-refractivity contribution in [2.75, 3.05) is 7.05 Å². The van der Waals surface area contributed by atoms with Crippen molar-refractivity contribution in [1.82, 2.24) is 10.0 Å². The fourth-order valence-corrected chi connectivity index (χ4v) is 3.26. The third kappa shape index (κ3) is 4.07. The third-order valence-corrected chi connectivity index (χ3v) is 4.70. The maximum Gasteiger partial charge on any atom is 0.244 e. The van der Waals surface area contributed by atoms with Crippen LogP contribution in [0.3, 0.4) is 0 Å². The molecule has 0 aliphatic rings. The van der Waals surface area contributed by atoms with Crippen molar-refractivity contribution in [3.05, 3.63) is 52.4 Å². The smallest absolute Gasteiger partial charge is 0.244 e. The molecule has 0 aliphatic carbocycles. The summed E-state index contributed by atoms with van der Waals surface area (Å²) in [5.41, 5.74) is 0.833. The molecule has 5 nitrogen and oxygen atoms in total. The second-order valence-electron chi connectivity index (χ2n) is 4.61. The van der Waals surface area contributed by atoms with Gasteiger partial charge in [-0.1, -0.05) is 23.7 Å². The molecule has 0 amide bonds. The molecule has 21 heavy (non-hydrogen) atoms. The van der Waals surface area contributed by atoms with Crippen LogP contribution in [0.4, 0.5) is 0 Å². The number of halogens is 1. The average Bonchev–Trinajstić information content (AvgIpc) is 2.80. The van der Waals surface area contributed by atoms with Gasteiger partial charge in [-0.15, -0.1) is 0 Å². The molecule has 7 heteroatoms. The summed E-state index contributed by atoms with van der Waals surface area (Å²) in [6.45, 7) is 2.31. The number of hydrogen-bond donors (Lipinski definition) is 2. The highest BCUT2D eigenvalue weighted by Gasteiger charge is 2.20. The molecule has 114 valence electrons. The van der Waals surface area contributed by atoms with E-state index in [0.717, 1.165) is 5.56 Å². The fourth-order valence-electron chi connectivity index (χ4n) is 1.91. The summed E-state index contributed by atoms with van der Waals surface area (Å²) in [5.74, 6) is 0.964. The Kier molecular flexibility index (Phi) is 5.05. The van der Waals surface area contributed by atoms with Crippen LogP contribution in [0.1, 0.15) is 17.1 Å². The van der Waals surface area contributed by atoms with Crippen molar-refractivity contribution >= 4 is 21.6 Å². The minimum atomic E-state index is -3.60. The van der Waals surface area contributed by atoms with Crippen LogP contribution in [-0.4, -0.2) is 15.5 Å². The van der Waals surface area contributed by atoms with E-state index < -0.39 is 10.0 Å². The van der Waals surface area contributed by atoms with Crippen molar-refractivity contribution in [2.45, 2.75) is 24.9 Å². The highest BCUT2D eigenvalue weighted by Crippen LogP contribution is 2.20. The normalized spacial score (nSPS) is 11.8. The van der Waals surface area contributed by atoms with E-state index >= 15 is 0 Å². The summed E-state index contributed by atoms with van der Waals surface area (Å²) in [6, 6.07) is 8.54. The molecule has 1 aromatic carbocycles. The van der Waals surface area contributed by atoms with Crippen molar-refractivity contribution in [3.63, 3.8) is 0 Å². The largest absolute Gasteiger partial charge is 0.464 e. The van der Waals surface area contributed by atoms with Gasteiger partial charge in [-0.2, -0.15) is 0 Å². The molecule has 0 spiro atoms. The van der Waals surface area contributed by atoms with Gasteiger partial charge >= 0.3 is 0 Å². The summed E-state index contributed by atoms with van der Waals surface area (Å²) in [7, 11) is -1.83. The van der Waals surface area contributed by atoms with E-state index in [1.807, 2.05) is 0 Å². The second kappa shape index (κ2) is 6.62. The molecule has 0 radical (unpaired) electrons. The van der Waals surface area contributed by atoms with Gasteiger partial charge in [0.2, 0.25) is 10.0 Å². The molecule has 0 bridgehead atoms. The van der Waals surface area contributed by atoms with Crippen LogP contribution in [0.15, 0.2) is 39.6 Å². The molecule has 2 N–H and O–H groups in total. The molecule has 0 unspecified atom stereocenters. The van der Waals surface area contributed by atoms with Gasteiger partial charge in [-0.25, -0.2) is 13.1 Å². The lowest BCUT2D eigenvalue weighted by molar-refractivity contribution is 0.465. The van der Waals surface area contributed by atoms with E-state index in [9.17, 15) is 8.42 Å². The molecule has 2 rings (SSSR count). The minimum Gasteiger partial charge on any atom is -0.464 e. The molecule has 0 saturated carbocycles. The first-order chi connectivity index (χ1) is 9.92. The van der Waals surface area contributed by atoms with Crippen LogP contribution in [0.2, 0.25) is 5.02 Å². The Morgan fingerprint density at radius 1 is 1.19 bits per heavy atom. The first kappa shape index (κ1) is 16.0. The standard InChI is InChI=1S/C14H17ClN2O3S/c1-10-14(7-13(20-10)9-16-2)21(18,19)17-8-11-3-5-12(15)6-4-11/h3-7,16-17H,8-9H2,1-2H3. The first-order valence-electron chi connectivity index (χ1n) is 6.40. The summed E-state index contributed by atoms with van der Waals surface area (Å²) in [6.07, 6.45) is 0. The van der Waals surface area contributed by atoms with Gasteiger partial charge in [0.15, 0.2) is 0 Å². The lowest BCUT2D eigenvalue weighted by Gasteiger charge is -2.05. The van der Waals surface area contributed by atoms with Gasteiger partial charge < -0.3 is 9.73 Å². The van der Waals surface area contributed by atoms with Gasteiger partial charge in [-0.05, 0) is 31.7 Å². The summed E-state index contributed by atoms with van der Waals surface area (Å²) in [5, 5.41) is 3.53. The van der Waals surface area contributed by atoms with E-state index in [1.54, 1.807) is 38.2 Å². The zero-order valence-corrected chi connectivity index (χ0v) is 13.4. The predicted octanol–water partition coefficient (Wildman–Crippen LogP) is 2.44. The predicted molar refractivity (Wildman–Crippen MR) is 81.7 cm³/mol. The van der Waals surface area contributed by atoms with E-state index in [-0.39, 0.29) is 11.4 Å². The maximum absolute atomic E-state index is 12.3. The number of hydrogen-bond acceptors (Lipinski definition) is 4. The van der Waals surface area contributed by atoms with E-state index in [0.29, 0.717) is 23.1 Å². The van der Waals surface area contributed by atoms with Crippen LogP contribution in [0.25, 0.3) is 0 Å². The van der Waals surface area contributed by atoms with Crippen molar-refractivity contribution in [1.29, 1.82) is 0 Å². The number of sulfonamides is 1. The SMILES string of the molecule is CNCc1cc(S(=O)(=O)NCc2ccc(Cl)cc2)c(C)o1. The Hall–Kier alpha value is -1.34. The monoisotopic (exact) mass is 328 g/mol. The lowest BCUT2D eigenvalue weighted by atomic mass is 10.2. The highest BCUT2D eigenvalue weighted by molar-refractivity contribution is 7.89. The molecule has 0 aliphatic heterocycles. The average molecular weight is 329 g/mol. The summed E-state index contributed by atoms with van der Waals surface area (Å²) in [4.78, 5) is 0.168. The Morgan fingerprint density at radius 3 is 2.48 bits per heavy atom. The molecule has 0 atom stereocenters. The zero-order valence-electron chi connectivity index (χ0n) is 11.8.